The SMILES string of the molecule is CCN(CC)N=Nc1ccc(CCO)cc1. The van der Waals surface area contributed by atoms with Crippen LogP contribution in [-0.4, -0.2) is 29.8 Å². The Kier molecular flexibility index (Phi) is 5.50. The van der Waals surface area contributed by atoms with Crippen LogP contribution in [0.3, 0.4) is 0 Å². The Labute approximate surface area is 96.6 Å². The maximum atomic E-state index is 8.78. The summed E-state index contributed by atoms with van der Waals surface area (Å²) in [5.41, 5.74) is 1.96. The quantitative estimate of drug-likeness (QED) is 0.593. The number of benzene rings is 1. The molecular weight excluding hydrogens is 202 g/mol. The van der Waals surface area contributed by atoms with Gasteiger partial charge >= 0.3 is 0 Å². The molecule has 0 aliphatic rings. The first-order valence-corrected chi connectivity index (χ1v) is 5.66. The zero-order valence-electron chi connectivity index (χ0n) is 9.93. The van der Waals surface area contributed by atoms with Crippen molar-refractivity contribution in [2.45, 2.75) is 20.3 Å². The van der Waals surface area contributed by atoms with Crippen molar-refractivity contribution in [2.75, 3.05) is 19.7 Å². The number of hydrogen-bond acceptors (Lipinski definition) is 3. The first kappa shape index (κ1) is 12.6. The van der Waals surface area contributed by atoms with Crippen molar-refractivity contribution < 1.29 is 5.11 Å². The monoisotopic (exact) mass is 221 g/mol. The lowest BCUT2D eigenvalue weighted by molar-refractivity contribution is 0.299. The first-order chi connectivity index (χ1) is 7.80. The Morgan fingerprint density at radius 1 is 1.12 bits per heavy atom. The highest BCUT2D eigenvalue weighted by Gasteiger charge is 1.95. The van der Waals surface area contributed by atoms with Crippen molar-refractivity contribution in [1.82, 2.24) is 5.01 Å². The topological polar surface area (TPSA) is 48.2 Å². The Bertz CT molecular complexity index is 318. The van der Waals surface area contributed by atoms with Crippen LogP contribution in [0.2, 0.25) is 0 Å². The smallest absolute Gasteiger partial charge is 0.0874 e. The van der Waals surface area contributed by atoms with E-state index < -0.39 is 0 Å². The van der Waals surface area contributed by atoms with E-state index in [-0.39, 0.29) is 6.61 Å². The second-order valence-electron chi connectivity index (χ2n) is 3.47. The lowest BCUT2D eigenvalue weighted by atomic mass is 10.1. The van der Waals surface area contributed by atoms with Crippen molar-refractivity contribution in [3.63, 3.8) is 0 Å². The molecule has 0 spiro atoms. The molecule has 1 aromatic carbocycles. The molecule has 0 saturated carbocycles. The molecule has 0 heterocycles. The Morgan fingerprint density at radius 3 is 2.25 bits per heavy atom. The van der Waals surface area contributed by atoms with E-state index in [0.717, 1.165) is 24.3 Å². The summed E-state index contributed by atoms with van der Waals surface area (Å²) in [5.74, 6) is 0. The van der Waals surface area contributed by atoms with Gasteiger partial charge in [0.05, 0.1) is 5.69 Å². The third-order valence-corrected chi connectivity index (χ3v) is 2.35. The van der Waals surface area contributed by atoms with E-state index in [4.69, 9.17) is 5.11 Å². The van der Waals surface area contributed by atoms with Crippen LogP contribution in [0.25, 0.3) is 0 Å². The number of rotatable bonds is 6. The van der Waals surface area contributed by atoms with Gasteiger partial charge in [0.2, 0.25) is 0 Å². The molecule has 0 aliphatic carbocycles. The highest BCUT2D eigenvalue weighted by atomic mass is 16.2. The predicted octanol–water partition coefficient (Wildman–Crippen LogP) is 2.56. The van der Waals surface area contributed by atoms with Crippen LogP contribution in [0.1, 0.15) is 19.4 Å². The zero-order valence-corrected chi connectivity index (χ0v) is 9.93. The first-order valence-electron chi connectivity index (χ1n) is 5.66. The van der Waals surface area contributed by atoms with Crippen molar-refractivity contribution >= 4 is 5.69 Å². The fourth-order valence-corrected chi connectivity index (χ4v) is 1.32. The van der Waals surface area contributed by atoms with Crippen LogP contribution >= 0.6 is 0 Å². The van der Waals surface area contributed by atoms with Crippen LogP contribution in [-0.2, 0) is 6.42 Å². The van der Waals surface area contributed by atoms with Gasteiger partial charge in [0.1, 0.15) is 0 Å². The second-order valence-corrected chi connectivity index (χ2v) is 3.47. The maximum Gasteiger partial charge on any atom is 0.0874 e. The van der Waals surface area contributed by atoms with E-state index in [9.17, 15) is 0 Å². The van der Waals surface area contributed by atoms with Gasteiger partial charge in [-0.25, -0.2) is 0 Å². The van der Waals surface area contributed by atoms with Gasteiger partial charge in [-0.1, -0.05) is 17.4 Å². The molecule has 1 rings (SSSR count). The van der Waals surface area contributed by atoms with Crippen LogP contribution in [0, 0.1) is 0 Å². The summed E-state index contributed by atoms with van der Waals surface area (Å²) < 4.78 is 0. The zero-order chi connectivity index (χ0) is 11.8. The Morgan fingerprint density at radius 2 is 1.75 bits per heavy atom. The number of aliphatic hydroxyl groups excluding tert-OH is 1. The Balaban J connectivity index is 2.60. The minimum absolute atomic E-state index is 0.181. The average molecular weight is 221 g/mol. The van der Waals surface area contributed by atoms with E-state index in [1.807, 2.05) is 43.1 Å². The van der Waals surface area contributed by atoms with Gasteiger partial charge in [0.15, 0.2) is 0 Å². The fourth-order valence-electron chi connectivity index (χ4n) is 1.32. The van der Waals surface area contributed by atoms with E-state index in [1.54, 1.807) is 0 Å². The molecule has 1 aromatic rings. The molecule has 88 valence electrons. The van der Waals surface area contributed by atoms with Gasteiger partial charge in [0.25, 0.3) is 0 Å². The minimum Gasteiger partial charge on any atom is -0.396 e. The molecule has 0 radical (unpaired) electrons. The summed E-state index contributed by atoms with van der Waals surface area (Å²) in [5, 5.41) is 18.9. The lowest BCUT2D eigenvalue weighted by Gasteiger charge is -2.11. The highest BCUT2D eigenvalue weighted by molar-refractivity contribution is 5.38. The van der Waals surface area contributed by atoms with E-state index in [0.29, 0.717) is 6.42 Å². The summed E-state index contributed by atoms with van der Waals surface area (Å²) in [6.45, 7) is 6.01. The van der Waals surface area contributed by atoms with E-state index in [2.05, 4.69) is 10.3 Å². The van der Waals surface area contributed by atoms with Gasteiger partial charge in [-0.05, 0) is 38.0 Å². The van der Waals surface area contributed by atoms with Gasteiger partial charge in [0, 0.05) is 19.7 Å². The fraction of sp³-hybridized carbons (Fsp3) is 0.500. The molecule has 0 atom stereocenters. The van der Waals surface area contributed by atoms with E-state index >= 15 is 0 Å². The minimum atomic E-state index is 0.181. The normalized spacial score (nSPS) is 10.9. The molecule has 0 bridgehead atoms. The highest BCUT2D eigenvalue weighted by Crippen LogP contribution is 2.14. The Hall–Kier alpha value is -1.42. The average Bonchev–Trinajstić information content (AvgIpc) is 2.33. The summed E-state index contributed by atoms with van der Waals surface area (Å²) in [6, 6.07) is 7.76. The number of aliphatic hydroxyl groups is 1. The van der Waals surface area contributed by atoms with Gasteiger partial charge in [-0.15, -0.1) is 5.11 Å². The van der Waals surface area contributed by atoms with Crippen LogP contribution in [0.4, 0.5) is 5.69 Å². The lowest BCUT2D eigenvalue weighted by Crippen LogP contribution is -2.14. The third-order valence-electron chi connectivity index (χ3n) is 2.35. The molecule has 0 fully saturated rings. The van der Waals surface area contributed by atoms with Gasteiger partial charge in [-0.2, -0.15) is 0 Å². The molecule has 4 nitrogen and oxygen atoms in total. The summed E-state index contributed by atoms with van der Waals surface area (Å²) >= 11 is 0. The van der Waals surface area contributed by atoms with Crippen LogP contribution < -0.4 is 0 Å². The molecule has 0 saturated heterocycles. The third kappa shape index (κ3) is 3.98. The van der Waals surface area contributed by atoms with Crippen LogP contribution in [0.5, 0.6) is 0 Å². The largest absolute Gasteiger partial charge is 0.396 e. The van der Waals surface area contributed by atoms with Gasteiger partial charge in [-0.3, -0.25) is 5.01 Å². The van der Waals surface area contributed by atoms with Crippen molar-refractivity contribution in [3.05, 3.63) is 29.8 Å². The molecule has 4 heteroatoms. The molecular formula is C12H19N3O. The molecule has 16 heavy (non-hydrogen) atoms. The summed E-state index contributed by atoms with van der Waals surface area (Å²) in [4.78, 5) is 0. The standard InChI is InChI=1S/C12H19N3O/c1-3-15(4-2)14-13-12-7-5-11(6-8-12)9-10-16/h5-8,16H,3-4,9-10H2,1-2H3. The molecule has 0 aromatic heterocycles. The molecule has 0 unspecified atom stereocenters. The molecule has 0 aliphatic heterocycles. The van der Waals surface area contributed by atoms with Crippen molar-refractivity contribution in [1.29, 1.82) is 0 Å². The predicted molar refractivity (Wildman–Crippen MR) is 64.7 cm³/mol. The summed E-state index contributed by atoms with van der Waals surface area (Å²) in [6.07, 6.45) is 0.688. The molecule has 1 N–H and O–H groups in total. The van der Waals surface area contributed by atoms with Crippen molar-refractivity contribution in [3.8, 4) is 0 Å². The van der Waals surface area contributed by atoms with Crippen molar-refractivity contribution in [2.24, 2.45) is 10.3 Å². The summed E-state index contributed by atoms with van der Waals surface area (Å²) in [7, 11) is 0. The van der Waals surface area contributed by atoms with Crippen LogP contribution in [0.15, 0.2) is 34.6 Å². The maximum absolute atomic E-state index is 8.78. The number of nitrogens with zero attached hydrogens (tertiary/aromatic N) is 3. The van der Waals surface area contributed by atoms with E-state index in [1.165, 1.54) is 0 Å². The second kappa shape index (κ2) is 6.95. The number of hydrogen-bond donors (Lipinski definition) is 1. The van der Waals surface area contributed by atoms with Gasteiger partial charge < -0.3 is 5.11 Å². The molecule has 0 amide bonds.